The van der Waals surface area contributed by atoms with E-state index in [1.165, 1.54) is 0 Å². The highest BCUT2D eigenvalue weighted by atomic mass is 15.3. The third-order valence-electron chi connectivity index (χ3n) is 3.00. The highest BCUT2D eigenvalue weighted by molar-refractivity contribution is 5.37. The van der Waals surface area contributed by atoms with Crippen LogP contribution >= 0.6 is 0 Å². The molecular weight excluding hydrogens is 254 g/mol. The number of aromatic nitrogens is 5. The van der Waals surface area contributed by atoms with Gasteiger partial charge in [-0.1, -0.05) is 20.3 Å². The normalized spacial score (nSPS) is 12.2. The Labute approximate surface area is 118 Å². The molecule has 0 radical (unpaired) electrons. The standard InChI is InChI=1S/C13H21N7/c1-4-10(3)8-16-12-17-11(15-5-2)18-13(19-12)20-7-6-14-9-20/h6-7,9-10H,4-5,8H2,1-3H3,(H2,15,16,17,18,19). The van der Waals surface area contributed by atoms with Crippen LogP contribution < -0.4 is 10.6 Å². The molecule has 2 aromatic heterocycles. The Morgan fingerprint density at radius 3 is 2.50 bits per heavy atom. The van der Waals surface area contributed by atoms with Crippen LogP contribution in [-0.2, 0) is 0 Å². The van der Waals surface area contributed by atoms with E-state index in [1.807, 2.05) is 13.1 Å². The van der Waals surface area contributed by atoms with Crippen molar-refractivity contribution >= 4 is 11.9 Å². The average Bonchev–Trinajstić information content (AvgIpc) is 2.99. The van der Waals surface area contributed by atoms with Crippen molar-refractivity contribution in [1.29, 1.82) is 0 Å². The van der Waals surface area contributed by atoms with Crippen LogP contribution in [0.1, 0.15) is 27.2 Å². The molecule has 0 spiro atoms. The highest BCUT2D eigenvalue weighted by Crippen LogP contribution is 2.10. The lowest BCUT2D eigenvalue weighted by atomic mass is 10.1. The van der Waals surface area contributed by atoms with Gasteiger partial charge in [-0.3, -0.25) is 4.57 Å². The Kier molecular flexibility index (Phi) is 4.86. The molecule has 2 heterocycles. The van der Waals surface area contributed by atoms with Gasteiger partial charge in [-0.25, -0.2) is 4.98 Å². The van der Waals surface area contributed by atoms with E-state index in [0.717, 1.165) is 19.5 Å². The second-order valence-corrected chi connectivity index (χ2v) is 4.68. The summed E-state index contributed by atoms with van der Waals surface area (Å²) >= 11 is 0. The summed E-state index contributed by atoms with van der Waals surface area (Å²) in [6.45, 7) is 7.97. The third-order valence-corrected chi connectivity index (χ3v) is 3.00. The quantitative estimate of drug-likeness (QED) is 0.804. The predicted molar refractivity (Wildman–Crippen MR) is 79.1 cm³/mol. The number of anilines is 2. The lowest BCUT2D eigenvalue weighted by Crippen LogP contribution is -2.15. The molecule has 2 aromatic rings. The summed E-state index contributed by atoms with van der Waals surface area (Å²) in [5.74, 6) is 2.28. The van der Waals surface area contributed by atoms with Gasteiger partial charge in [0.05, 0.1) is 0 Å². The number of nitrogens with one attached hydrogen (secondary N) is 2. The van der Waals surface area contributed by atoms with Gasteiger partial charge in [0.25, 0.3) is 0 Å². The lowest BCUT2D eigenvalue weighted by Gasteiger charge is -2.12. The Hall–Kier alpha value is -2.18. The van der Waals surface area contributed by atoms with Crippen molar-refractivity contribution < 1.29 is 0 Å². The van der Waals surface area contributed by atoms with Crippen LogP contribution in [-0.4, -0.2) is 37.6 Å². The molecule has 0 aliphatic rings. The number of hydrogen-bond donors (Lipinski definition) is 2. The van der Waals surface area contributed by atoms with Crippen molar-refractivity contribution in [3.8, 4) is 5.95 Å². The van der Waals surface area contributed by atoms with Gasteiger partial charge >= 0.3 is 0 Å². The molecule has 0 saturated carbocycles. The molecule has 1 atom stereocenters. The van der Waals surface area contributed by atoms with Crippen molar-refractivity contribution in [2.24, 2.45) is 5.92 Å². The van der Waals surface area contributed by atoms with Gasteiger partial charge in [0.1, 0.15) is 6.33 Å². The first-order valence-electron chi connectivity index (χ1n) is 6.95. The van der Waals surface area contributed by atoms with Crippen LogP contribution in [0.5, 0.6) is 0 Å². The Balaban J connectivity index is 2.22. The SMILES string of the molecule is CCNc1nc(NCC(C)CC)nc(-n2ccnc2)n1. The van der Waals surface area contributed by atoms with Gasteiger partial charge in [0.2, 0.25) is 17.8 Å². The van der Waals surface area contributed by atoms with Gasteiger partial charge < -0.3 is 10.6 Å². The molecule has 2 N–H and O–H groups in total. The summed E-state index contributed by atoms with van der Waals surface area (Å²) in [6.07, 6.45) is 6.29. The Morgan fingerprint density at radius 1 is 1.15 bits per heavy atom. The maximum atomic E-state index is 4.41. The zero-order valence-electron chi connectivity index (χ0n) is 12.2. The third kappa shape index (κ3) is 3.66. The predicted octanol–water partition coefficient (Wildman–Crippen LogP) is 1.95. The van der Waals surface area contributed by atoms with E-state index >= 15 is 0 Å². The van der Waals surface area contributed by atoms with Crippen LogP contribution in [0.15, 0.2) is 18.7 Å². The van der Waals surface area contributed by atoms with E-state index in [0.29, 0.717) is 23.8 Å². The van der Waals surface area contributed by atoms with E-state index in [9.17, 15) is 0 Å². The average molecular weight is 275 g/mol. The summed E-state index contributed by atoms with van der Waals surface area (Å²) in [5.41, 5.74) is 0. The fraction of sp³-hybridized carbons (Fsp3) is 0.538. The fourth-order valence-electron chi connectivity index (χ4n) is 1.58. The number of nitrogens with zero attached hydrogens (tertiary/aromatic N) is 5. The molecule has 108 valence electrons. The first-order chi connectivity index (χ1) is 9.72. The molecular formula is C13H21N7. The van der Waals surface area contributed by atoms with E-state index in [4.69, 9.17) is 0 Å². The van der Waals surface area contributed by atoms with Crippen molar-refractivity contribution in [2.75, 3.05) is 23.7 Å². The number of rotatable bonds is 7. The smallest absolute Gasteiger partial charge is 0.241 e. The molecule has 0 fully saturated rings. The minimum absolute atomic E-state index is 0.556. The molecule has 1 unspecified atom stereocenters. The zero-order chi connectivity index (χ0) is 14.4. The maximum Gasteiger partial charge on any atom is 0.241 e. The number of imidazole rings is 1. The van der Waals surface area contributed by atoms with Crippen LogP contribution in [0.3, 0.4) is 0 Å². The van der Waals surface area contributed by atoms with Crippen molar-refractivity contribution in [2.45, 2.75) is 27.2 Å². The summed E-state index contributed by atoms with van der Waals surface area (Å²) in [7, 11) is 0. The topological polar surface area (TPSA) is 80.5 Å². The van der Waals surface area contributed by atoms with Gasteiger partial charge in [-0.05, 0) is 12.8 Å². The minimum Gasteiger partial charge on any atom is -0.354 e. The molecule has 0 bridgehead atoms. The molecule has 0 amide bonds. The summed E-state index contributed by atoms with van der Waals surface area (Å²) < 4.78 is 1.76. The van der Waals surface area contributed by atoms with E-state index in [1.54, 1.807) is 17.1 Å². The Bertz CT molecular complexity index is 524. The van der Waals surface area contributed by atoms with Crippen LogP contribution in [0.4, 0.5) is 11.9 Å². The van der Waals surface area contributed by atoms with Crippen molar-refractivity contribution in [3.63, 3.8) is 0 Å². The molecule has 0 aromatic carbocycles. The van der Waals surface area contributed by atoms with Crippen LogP contribution in [0, 0.1) is 5.92 Å². The highest BCUT2D eigenvalue weighted by Gasteiger charge is 2.08. The summed E-state index contributed by atoms with van der Waals surface area (Å²) in [5, 5.41) is 6.38. The molecule has 7 heteroatoms. The van der Waals surface area contributed by atoms with Gasteiger partial charge in [0, 0.05) is 25.5 Å². The molecule has 0 aliphatic heterocycles. The lowest BCUT2D eigenvalue weighted by molar-refractivity contribution is 0.591. The first-order valence-corrected chi connectivity index (χ1v) is 6.95. The van der Waals surface area contributed by atoms with Gasteiger partial charge in [-0.15, -0.1) is 0 Å². The summed E-state index contributed by atoms with van der Waals surface area (Å²) in [4.78, 5) is 17.2. The van der Waals surface area contributed by atoms with Crippen LogP contribution in [0.25, 0.3) is 5.95 Å². The second-order valence-electron chi connectivity index (χ2n) is 4.68. The van der Waals surface area contributed by atoms with E-state index in [2.05, 4.69) is 44.4 Å². The van der Waals surface area contributed by atoms with Gasteiger partial charge in [0.15, 0.2) is 0 Å². The van der Waals surface area contributed by atoms with Crippen LogP contribution in [0.2, 0.25) is 0 Å². The molecule has 20 heavy (non-hydrogen) atoms. The molecule has 7 nitrogen and oxygen atoms in total. The Morgan fingerprint density at radius 2 is 1.90 bits per heavy atom. The molecule has 2 rings (SSSR count). The van der Waals surface area contributed by atoms with Crippen molar-refractivity contribution in [1.82, 2.24) is 24.5 Å². The molecule has 0 aliphatic carbocycles. The zero-order valence-corrected chi connectivity index (χ0v) is 12.2. The molecule has 0 saturated heterocycles. The van der Waals surface area contributed by atoms with Gasteiger partial charge in [-0.2, -0.15) is 15.0 Å². The largest absolute Gasteiger partial charge is 0.354 e. The summed E-state index contributed by atoms with van der Waals surface area (Å²) in [6, 6.07) is 0. The first kappa shape index (κ1) is 14.2. The fourth-order valence-corrected chi connectivity index (χ4v) is 1.58. The number of hydrogen-bond acceptors (Lipinski definition) is 6. The monoisotopic (exact) mass is 275 g/mol. The maximum absolute atomic E-state index is 4.41. The van der Waals surface area contributed by atoms with Crippen molar-refractivity contribution in [3.05, 3.63) is 18.7 Å². The second kappa shape index (κ2) is 6.83. The van der Waals surface area contributed by atoms with E-state index < -0.39 is 0 Å². The minimum atomic E-state index is 0.556. The van der Waals surface area contributed by atoms with E-state index in [-0.39, 0.29) is 0 Å².